The van der Waals surface area contributed by atoms with Crippen molar-refractivity contribution in [2.45, 2.75) is 20.3 Å². The molecule has 7 heteroatoms. The predicted octanol–water partition coefficient (Wildman–Crippen LogP) is 2.73. The number of amides is 1. The summed E-state index contributed by atoms with van der Waals surface area (Å²) >= 11 is 0. The van der Waals surface area contributed by atoms with E-state index in [1.165, 1.54) is 12.4 Å². The van der Waals surface area contributed by atoms with Gasteiger partial charge in [-0.2, -0.15) is 0 Å². The van der Waals surface area contributed by atoms with Crippen molar-refractivity contribution in [1.82, 2.24) is 9.97 Å². The number of hydrogen-bond acceptors (Lipinski definition) is 6. The van der Waals surface area contributed by atoms with E-state index in [-0.39, 0.29) is 11.9 Å². The highest BCUT2D eigenvalue weighted by Gasteiger charge is 2.09. The van der Waals surface area contributed by atoms with Gasteiger partial charge in [0.05, 0.1) is 17.7 Å². The molecule has 0 atom stereocenters. The summed E-state index contributed by atoms with van der Waals surface area (Å²) < 4.78 is 4.91. The Hall–Kier alpha value is -2.96. The van der Waals surface area contributed by atoms with Crippen LogP contribution in [0.3, 0.4) is 0 Å². The number of aromatic nitrogens is 2. The summed E-state index contributed by atoms with van der Waals surface area (Å²) in [7, 11) is 0. The largest absolute Gasteiger partial charge is 0.462 e. The lowest BCUT2D eigenvalue weighted by Crippen LogP contribution is -2.14. The molecule has 0 unspecified atom stereocenters. The standard InChI is InChI=1S/C17H20N4O3/c1-3-9-18-17-19-10-13(11-20-17)15(22)21-14-7-5-12(6-8-14)16(23)24-4-2/h5-8,10-11H,3-4,9H2,1-2H3,(H,21,22)(H,18,19,20). The summed E-state index contributed by atoms with van der Waals surface area (Å²) in [5.41, 5.74) is 1.36. The number of nitrogens with zero attached hydrogens (tertiary/aromatic N) is 2. The molecular formula is C17H20N4O3. The van der Waals surface area contributed by atoms with Crippen LogP contribution in [-0.4, -0.2) is 35.0 Å². The fourth-order valence-electron chi connectivity index (χ4n) is 1.88. The molecule has 0 fully saturated rings. The second-order valence-corrected chi connectivity index (χ2v) is 4.97. The SMILES string of the molecule is CCCNc1ncc(C(=O)Nc2ccc(C(=O)OCC)cc2)cn1. The summed E-state index contributed by atoms with van der Waals surface area (Å²) in [6.45, 7) is 4.89. The molecule has 0 aliphatic rings. The van der Waals surface area contributed by atoms with Gasteiger partial charge in [-0.1, -0.05) is 6.92 Å². The van der Waals surface area contributed by atoms with Gasteiger partial charge in [0.2, 0.25) is 5.95 Å². The van der Waals surface area contributed by atoms with Gasteiger partial charge in [-0.3, -0.25) is 4.79 Å². The van der Waals surface area contributed by atoms with Gasteiger partial charge < -0.3 is 15.4 Å². The van der Waals surface area contributed by atoms with E-state index in [1.54, 1.807) is 31.2 Å². The van der Waals surface area contributed by atoms with Crippen LogP contribution >= 0.6 is 0 Å². The lowest BCUT2D eigenvalue weighted by atomic mass is 10.2. The van der Waals surface area contributed by atoms with Crippen molar-refractivity contribution in [2.75, 3.05) is 23.8 Å². The van der Waals surface area contributed by atoms with E-state index in [9.17, 15) is 9.59 Å². The Kier molecular flexibility index (Phi) is 6.24. The number of carbonyl (C=O) groups is 2. The quantitative estimate of drug-likeness (QED) is 0.759. The number of hydrogen-bond donors (Lipinski definition) is 2. The fraction of sp³-hybridized carbons (Fsp3) is 0.294. The lowest BCUT2D eigenvalue weighted by molar-refractivity contribution is 0.0526. The molecule has 0 saturated carbocycles. The van der Waals surface area contributed by atoms with Gasteiger partial charge in [0, 0.05) is 24.6 Å². The molecule has 0 aliphatic carbocycles. The van der Waals surface area contributed by atoms with Crippen LogP contribution in [0.15, 0.2) is 36.7 Å². The minimum atomic E-state index is -0.390. The van der Waals surface area contributed by atoms with Crippen LogP contribution in [0.2, 0.25) is 0 Å². The minimum Gasteiger partial charge on any atom is -0.462 e. The van der Waals surface area contributed by atoms with Gasteiger partial charge in [0.25, 0.3) is 5.91 Å². The van der Waals surface area contributed by atoms with E-state index >= 15 is 0 Å². The fourth-order valence-corrected chi connectivity index (χ4v) is 1.88. The van der Waals surface area contributed by atoms with Crippen molar-refractivity contribution in [1.29, 1.82) is 0 Å². The Balaban J connectivity index is 1.97. The number of nitrogens with one attached hydrogen (secondary N) is 2. The average Bonchev–Trinajstić information content (AvgIpc) is 2.61. The number of rotatable bonds is 7. The number of ether oxygens (including phenoxy) is 1. The zero-order valence-corrected chi connectivity index (χ0v) is 13.7. The predicted molar refractivity (Wildman–Crippen MR) is 91.2 cm³/mol. The second-order valence-electron chi connectivity index (χ2n) is 4.97. The second kappa shape index (κ2) is 8.61. The first kappa shape index (κ1) is 17.4. The van der Waals surface area contributed by atoms with Crippen LogP contribution in [-0.2, 0) is 4.74 Å². The van der Waals surface area contributed by atoms with Crippen LogP contribution in [0.1, 0.15) is 41.0 Å². The molecule has 0 radical (unpaired) electrons. The van der Waals surface area contributed by atoms with Gasteiger partial charge in [-0.15, -0.1) is 0 Å². The molecule has 0 spiro atoms. The van der Waals surface area contributed by atoms with E-state index < -0.39 is 0 Å². The maximum absolute atomic E-state index is 12.2. The highest BCUT2D eigenvalue weighted by Crippen LogP contribution is 2.12. The molecule has 0 aliphatic heterocycles. The molecule has 0 bridgehead atoms. The van der Waals surface area contributed by atoms with Crippen molar-refractivity contribution >= 4 is 23.5 Å². The van der Waals surface area contributed by atoms with Gasteiger partial charge in [0.15, 0.2) is 0 Å². The van der Waals surface area contributed by atoms with Crippen molar-refractivity contribution in [3.8, 4) is 0 Å². The van der Waals surface area contributed by atoms with Crippen molar-refractivity contribution in [2.24, 2.45) is 0 Å². The minimum absolute atomic E-state index is 0.319. The molecule has 2 aromatic rings. The number of carbonyl (C=O) groups excluding carboxylic acids is 2. The molecule has 1 aromatic carbocycles. The van der Waals surface area contributed by atoms with E-state index in [0.29, 0.717) is 29.4 Å². The first-order valence-electron chi connectivity index (χ1n) is 7.78. The van der Waals surface area contributed by atoms with E-state index in [4.69, 9.17) is 4.74 Å². The number of benzene rings is 1. The smallest absolute Gasteiger partial charge is 0.338 e. The van der Waals surface area contributed by atoms with Crippen molar-refractivity contribution in [3.63, 3.8) is 0 Å². The third kappa shape index (κ3) is 4.77. The Morgan fingerprint density at radius 3 is 2.29 bits per heavy atom. The molecule has 0 saturated heterocycles. The van der Waals surface area contributed by atoms with E-state index in [1.807, 2.05) is 6.92 Å². The Labute approximate surface area is 140 Å². The van der Waals surface area contributed by atoms with Crippen LogP contribution in [0.25, 0.3) is 0 Å². The van der Waals surface area contributed by atoms with Crippen LogP contribution in [0, 0.1) is 0 Å². The van der Waals surface area contributed by atoms with E-state index in [0.717, 1.165) is 13.0 Å². The van der Waals surface area contributed by atoms with Gasteiger partial charge in [-0.25, -0.2) is 14.8 Å². The Bertz CT molecular complexity index is 684. The highest BCUT2D eigenvalue weighted by molar-refractivity contribution is 6.04. The Morgan fingerprint density at radius 2 is 1.71 bits per heavy atom. The van der Waals surface area contributed by atoms with Crippen molar-refractivity contribution < 1.29 is 14.3 Å². The van der Waals surface area contributed by atoms with Gasteiger partial charge >= 0.3 is 5.97 Å². The normalized spacial score (nSPS) is 10.1. The molecule has 1 aromatic heterocycles. The molecule has 2 rings (SSSR count). The third-order valence-electron chi connectivity index (χ3n) is 3.10. The zero-order chi connectivity index (χ0) is 17.4. The molecule has 2 N–H and O–H groups in total. The zero-order valence-electron chi connectivity index (χ0n) is 13.7. The van der Waals surface area contributed by atoms with Gasteiger partial charge in [-0.05, 0) is 37.6 Å². The summed E-state index contributed by atoms with van der Waals surface area (Å²) in [6, 6.07) is 6.48. The van der Waals surface area contributed by atoms with Crippen LogP contribution in [0.5, 0.6) is 0 Å². The maximum Gasteiger partial charge on any atom is 0.338 e. The summed E-state index contributed by atoms with van der Waals surface area (Å²) in [4.78, 5) is 31.9. The molecule has 126 valence electrons. The van der Waals surface area contributed by atoms with Crippen molar-refractivity contribution in [3.05, 3.63) is 47.8 Å². The van der Waals surface area contributed by atoms with Gasteiger partial charge in [0.1, 0.15) is 0 Å². The summed E-state index contributed by atoms with van der Waals surface area (Å²) in [5, 5.41) is 5.77. The topological polar surface area (TPSA) is 93.2 Å². The molecule has 1 heterocycles. The highest BCUT2D eigenvalue weighted by atomic mass is 16.5. The first-order valence-corrected chi connectivity index (χ1v) is 7.78. The third-order valence-corrected chi connectivity index (χ3v) is 3.10. The molecular weight excluding hydrogens is 308 g/mol. The average molecular weight is 328 g/mol. The summed E-state index contributed by atoms with van der Waals surface area (Å²) in [5.74, 6) is -0.216. The Morgan fingerprint density at radius 1 is 1.04 bits per heavy atom. The number of anilines is 2. The number of esters is 1. The molecule has 1 amide bonds. The summed E-state index contributed by atoms with van der Waals surface area (Å²) in [6.07, 6.45) is 3.90. The van der Waals surface area contributed by atoms with Crippen LogP contribution in [0.4, 0.5) is 11.6 Å². The first-order chi connectivity index (χ1) is 11.6. The monoisotopic (exact) mass is 328 g/mol. The van der Waals surface area contributed by atoms with E-state index in [2.05, 4.69) is 20.6 Å². The lowest BCUT2D eigenvalue weighted by Gasteiger charge is -2.07. The molecule has 7 nitrogen and oxygen atoms in total. The maximum atomic E-state index is 12.2. The molecule has 24 heavy (non-hydrogen) atoms. The van der Waals surface area contributed by atoms with Crippen LogP contribution < -0.4 is 10.6 Å².